The normalized spacial score (nSPS) is 12.4. The van der Waals surface area contributed by atoms with E-state index in [1.165, 1.54) is 31.2 Å². The van der Waals surface area contributed by atoms with E-state index in [1.807, 2.05) is 12.1 Å². The lowest BCUT2D eigenvalue weighted by molar-refractivity contribution is 0.293. The predicted octanol–water partition coefficient (Wildman–Crippen LogP) is 7.12. The highest BCUT2D eigenvalue weighted by molar-refractivity contribution is 5.75. The molecule has 0 N–H and O–H groups in total. The van der Waals surface area contributed by atoms with Crippen molar-refractivity contribution < 1.29 is 13.9 Å². The van der Waals surface area contributed by atoms with Crippen molar-refractivity contribution >= 4 is 0 Å². The standard InChI is InChI=1S/C25H33FO2/c1-3-5-7-8-9-17-27-20-11-13-21-19(18-20)10-12-23-22(21)14-15-24(25(23)26)28-16-6-4-2/h11,13-15,18H,3-10,12,16-17H2,1-2H3. The summed E-state index contributed by atoms with van der Waals surface area (Å²) in [4.78, 5) is 0. The fraction of sp³-hybridized carbons (Fsp3) is 0.520. The van der Waals surface area contributed by atoms with Crippen molar-refractivity contribution in [1.29, 1.82) is 0 Å². The van der Waals surface area contributed by atoms with Crippen molar-refractivity contribution in [3.63, 3.8) is 0 Å². The number of fused-ring (bicyclic) bond motifs is 3. The quantitative estimate of drug-likeness (QED) is 0.384. The maximum atomic E-state index is 14.9. The minimum absolute atomic E-state index is 0.188. The molecule has 0 spiro atoms. The molecule has 2 aromatic carbocycles. The Morgan fingerprint density at radius 3 is 2.36 bits per heavy atom. The molecule has 152 valence electrons. The summed E-state index contributed by atoms with van der Waals surface area (Å²) in [6.07, 6.45) is 9.73. The molecule has 1 aliphatic rings. The van der Waals surface area contributed by atoms with E-state index < -0.39 is 0 Å². The smallest absolute Gasteiger partial charge is 0.168 e. The molecule has 0 aromatic heterocycles. The summed E-state index contributed by atoms with van der Waals surface area (Å²) in [6, 6.07) is 10.0. The lowest BCUT2D eigenvalue weighted by atomic mass is 9.85. The van der Waals surface area contributed by atoms with Crippen LogP contribution in [0.5, 0.6) is 11.5 Å². The average Bonchev–Trinajstić information content (AvgIpc) is 2.72. The van der Waals surface area contributed by atoms with Crippen LogP contribution in [-0.2, 0) is 12.8 Å². The van der Waals surface area contributed by atoms with Gasteiger partial charge in [-0.15, -0.1) is 0 Å². The first kappa shape index (κ1) is 20.7. The first-order valence-corrected chi connectivity index (χ1v) is 10.9. The molecule has 2 nitrogen and oxygen atoms in total. The van der Waals surface area contributed by atoms with Gasteiger partial charge in [0.05, 0.1) is 13.2 Å². The Morgan fingerprint density at radius 2 is 1.54 bits per heavy atom. The van der Waals surface area contributed by atoms with Crippen LogP contribution < -0.4 is 9.47 Å². The fourth-order valence-corrected chi connectivity index (χ4v) is 3.82. The molecule has 0 aliphatic heterocycles. The predicted molar refractivity (Wildman–Crippen MR) is 114 cm³/mol. The van der Waals surface area contributed by atoms with Gasteiger partial charge in [-0.1, -0.05) is 58.1 Å². The number of halogens is 1. The molecule has 1 aliphatic carbocycles. The van der Waals surface area contributed by atoms with Gasteiger partial charge in [0.1, 0.15) is 5.75 Å². The Morgan fingerprint density at radius 1 is 0.786 bits per heavy atom. The van der Waals surface area contributed by atoms with Crippen LogP contribution in [0.4, 0.5) is 4.39 Å². The van der Waals surface area contributed by atoms with Crippen LogP contribution >= 0.6 is 0 Å². The number of benzene rings is 2. The molecule has 0 unspecified atom stereocenters. The zero-order valence-electron chi connectivity index (χ0n) is 17.4. The number of unbranched alkanes of at least 4 members (excludes halogenated alkanes) is 5. The van der Waals surface area contributed by atoms with Crippen molar-refractivity contribution in [1.82, 2.24) is 0 Å². The number of rotatable bonds is 11. The lowest BCUT2D eigenvalue weighted by Crippen LogP contribution is -2.09. The molecular formula is C25H33FO2. The first-order valence-electron chi connectivity index (χ1n) is 10.9. The highest BCUT2D eigenvalue weighted by atomic mass is 19.1. The third kappa shape index (κ3) is 5.06. The molecule has 0 amide bonds. The van der Waals surface area contributed by atoms with E-state index in [0.717, 1.165) is 54.7 Å². The van der Waals surface area contributed by atoms with Crippen LogP contribution in [0, 0.1) is 5.82 Å². The van der Waals surface area contributed by atoms with Gasteiger partial charge in [0.15, 0.2) is 11.6 Å². The monoisotopic (exact) mass is 384 g/mol. The third-order valence-corrected chi connectivity index (χ3v) is 5.49. The van der Waals surface area contributed by atoms with E-state index in [0.29, 0.717) is 18.8 Å². The minimum atomic E-state index is -0.188. The molecule has 0 radical (unpaired) electrons. The molecule has 0 heterocycles. The third-order valence-electron chi connectivity index (χ3n) is 5.49. The van der Waals surface area contributed by atoms with Crippen molar-refractivity contribution in [3.05, 3.63) is 47.3 Å². The number of aryl methyl sites for hydroxylation is 1. The summed E-state index contributed by atoms with van der Waals surface area (Å²) < 4.78 is 26.5. The topological polar surface area (TPSA) is 18.5 Å². The van der Waals surface area contributed by atoms with E-state index in [2.05, 4.69) is 26.0 Å². The fourth-order valence-electron chi connectivity index (χ4n) is 3.82. The number of ether oxygens (including phenoxy) is 2. The maximum Gasteiger partial charge on any atom is 0.168 e. The highest BCUT2D eigenvalue weighted by Gasteiger charge is 2.22. The summed E-state index contributed by atoms with van der Waals surface area (Å²) in [7, 11) is 0. The van der Waals surface area contributed by atoms with Gasteiger partial charge in [-0.05, 0) is 66.1 Å². The Labute approximate surface area is 169 Å². The van der Waals surface area contributed by atoms with E-state index in [9.17, 15) is 4.39 Å². The largest absolute Gasteiger partial charge is 0.494 e. The van der Waals surface area contributed by atoms with E-state index in [4.69, 9.17) is 9.47 Å². The van der Waals surface area contributed by atoms with Crippen LogP contribution in [0.3, 0.4) is 0 Å². The van der Waals surface area contributed by atoms with Gasteiger partial charge in [0, 0.05) is 0 Å². The molecule has 28 heavy (non-hydrogen) atoms. The maximum absolute atomic E-state index is 14.9. The van der Waals surface area contributed by atoms with Crippen LogP contribution in [0.15, 0.2) is 30.3 Å². The van der Waals surface area contributed by atoms with Crippen LogP contribution in [-0.4, -0.2) is 13.2 Å². The Kier molecular flexibility index (Phi) is 7.76. The van der Waals surface area contributed by atoms with Crippen molar-refractivity contribution in [2.75, 3.05) is 13.2 Å². The molecule has 3 heteroatoms. The highest BCUT2D eigenvalue weighted by Crippen LogP contribution is 2.39. The first-order chi connectivity index (χ1) is 13.7. The van der Waals surface area contributed by atoms with Gasteiger partial charge in [-0.25, -0.2) is 4.39 Å². The van der Waals surface area contributed by atoms with Gasteiger partial charge in [-0.3, -0.25) is 0 Å². The molecule has 0 atom stereocenters. The molecule has 2 aromatic rings. The second-order valence-electron chi connectivity index (χ2n) is 7.69. The molecule has 0 saturated carbocycles. The van der Waals surface area contributed by atoms with E-state index in [-0.39, 0.29) is 5.82 Å². The van der Waals surface area contributed by atoms with E-state index >= 15 is 0 Å². The van der Waals surface area contributed by atoms with Crippen LogP contribution in [0.25, 0.3) is 11.1 Å². The summed E-state index contributed by atoms with van der Waals surface area (Å²) in [5, 5.41) is 0. The Hall–Kier alpha value is -2.03. The van der Waals surface area contributed by atoms with Crippen molar-refractivity contribution in [2.45, 2.75) is 71.6 Å². The van der Waals surface area contributed by atoms with E-state index in [1.54, 1.807) is 6.07 Å². The SMILES string of the molecule is CCCCCCCOc1ccc2c(c1)CCc1c-2ccc(OCCCC)c1F. The van der Waals surface area contributed by atoms with Crippen LogP contribution in [0.1, 0.15) is 69.9 Å². The second kappa shape index (κ2) is 10.5. The molecular weight excluding hydrogens is 351 g/mol. The molecule has 3 rings (SSSR count). The number of hydrogen-bond acceptors (Lipinski definition) is 2. The molecule has 0 bridgehead atoms. The zero-order chi connectivity index (χ0) is 19.8. The molecule has 0 fully saturated rings. The zero-order valence-corrected chi connectivity index (χ0v) is 17.4. The molecule has 0 saturated heterocycles. The Bertz CT molecular complexity index is 769. The Balaban J connectivity index is 1.66. The van der Waals surface area contributed by atoms with Crippen molar-refractivity contribution in [3.8, 4) is 22.6 Å². The van der Waals surface area contributed by atoms with Gasteiger partial charge < -0.3 is 9.47 Å². The van der Waals surface area contributed by atoms with Crippen molar-refractivity contribution in [2.24, 2.45) is 0 Å². The second-order valence-corrected chi connectivity index (χ2v) is 7.69. The summed E-state index contributed by atoms with van der Waals surface area (Å²) in [6.45, 7) is 5.68. The average molecular weight is 385 g/mol. The minimum Gasteiger partial charge on any atom is -0.494 e. The van der Waals surface area contributed by atoms with Gasteiger partial charge >= 0.3 is 0 Å². The summed E-state index contributed by atoms with van der Waals surface area (Å²) in [5.74, 6) is 1.13. The van der Waals surface area contributed by atoms with Gasteiger partial charge in [-0.2, -0.15) is 0 Å². The summed E-state index contributed by atoms with van der Waals surface area (Å²) >= 11 is 0. The number of hydrogen-bond donors (Lipinski definition) is 0. The lowest BCUT2D eigenvalue weighted by Gasteiger charge is -2.22. The summed E-state index contributed by atoms with van der Waals surface area (Å²) in [5.41, 5.74) is 4.14. The van der Waals surface area contributed by atoms with Gasteiger partial charge in [0.2, 0.25) is 0 Å². The van der Waals surface area contributed by atoms with Crippen LogP contribution in [0.2, 0.25) is 0 Å². The van der Waals surface area contributed by atoms with Gasteiger partial charge in [0.25, 0.3) is 0 Å².